The number of ether oxygens (including phenoxy) is 1. The Labute approximate surface area is 148 Å². The first-order valence-electron chi connectivity index (χ1n) is 8.50. The first-order valence-corrected chi connectivity index (χ1v) is 9.32. The summed E-state index contributed by atoms with van der Waals surface area (Å²) in [4.78, 5) is 5.05. The number of aromatic nitrogens is 2. The van der Waals surface area contributed by atoms with Crippen LogP contribution in [0.2, 0.25) is 0 Å². The van der Waals surface area contributed by atoms with Crippen LogP contribution in [-0.2, 0) is 0 Å². The molecule has 0 bridgehead atoms. The van der Waals surface area contributed by atoms with Gasteiger partial charge >= 0.3 is 0 Å². The summed E-state index contributed by atoms with van der Waals surface area (Å²) in [5.74, 6) is 0.929. The molecule has 24 heavy (non-hydrogen) atoms. The fourth-order valence-corrected chi connectivity index (χ4v) is 4.05. The maximum absolute atomic E-state index is 5.35. The third-order valence-electron chi connectivity index (χ3n) is 4.92. The van der Waals surface area contributed by atoms with Crippen LogP contribution in [0, 0.1) is 6.92 Å². The van der Waals surface area contributed by atoms with Gasteiger partial charge in [-0.05, 0) is 38.5 Å². The van der Waals surface area contributed by atoms with Gasteiger partial charge in [0, 0.05) is 32.2 Å². The van der Waals surface area contributed by atoms with Crippen LogP contribution in [-0.4, -0.2) is 53.3 Å². The van der Waals surface area contributed by atoms with Crippen molar-refractivity contribution in [2.45, 2.75) is 32.9 Å². The largest absolute Gasteiger partial charge is 0.497 e. The monoisotopic (exact) mass is 346 g/mol. The summed E-state index contributed by atoms with van der Waals surface area (Å²) in [5.41, 5.74) is 1.32. The standard InChI is InChI=1S/C18H26N4OS/c1-13(16-6-5-7-17(12-16)23-4)21-8-10-22(11-9-21)14(2)18-20-19-15(3)24-18/h5-7,12-14H,8-11H2,1-4H3/t13-,14-/m0/s1. The van der Waals surface area contributed by atoms with E-state index >= 15 is 0 Å². The van der Waals surface area contributed by atoms with E-state index in [9.17, 15) is 0 Å². The lowest BCUT2D eigenvalue weighted by molar-refractivity contribution is 0.0779. The molecule has 1 aliphatic rings. The van der Waals surface area contributed by atoms with Crippen LogP contribution >= 0.6 is 11.3 Å². The molecule has 5 nitrogen and oxygen atoms in total. The molecule has 130 valence electrons. The Balaban J connectivity index is 1.60. The fraction of sp³-hybridized carbons (Fsp3) is 0.556. The molecule has 2 heterocycles. The highest BCUT2D eigenvalue weighted by molar-refractivity contribution is 7.11. The van der Waals surface area contributed by atoms with E-state index in [1.54, 1.807) is 18.4 Å². The molecule has 0 radical (unpaired) electrons. The maximum atomic E-state index is 5.35. The fourth-order valence-electron chi connectivity index (χ4n) is 3.26. The van der Waals surface area contributed by atoms with Gasteiger partial charge in [0.05, 0.1) is 13.2 Å². The van der Waals surface area contributed by atoms with Crippen LogP contribution < -0.4 is 4.74 Å². The van der Waals surface area contributed by atoms with Gasteiger partial charge in [-0.15, -0.1) is 21.5 Å². The number of benzene rings is 1. The second-order valence-electron chi connectivity index (χ2n) is 6.36. The zero-order valence-corrected chi connectivity index (χ0v) is 15.7. The average Bonchev–Trinajstić information content (AvgIpc) is 3.07. The lowest BCUT2D eigenvalue weighted by Crippen LogP contribution is -2.47. The summed E-state index contributed by atoms with van der Waals surface area (Å²) in [5, 5.41) is 10.6. The Morgan fingerprint density at radius 3 is 2.29 bits per heavy atom. The molecule has 0 aliphatic carbocycles. The van der Waals surface area contributed by atoms with Crippen molar-refractivity contribution < 1.29 is 4.74 Å². The lowest BCUT2D eigenvalue weighted by atomic mass is 10.1. The zero-order chi connectivity index (χ0) is 17.1. The third-order valence-corrected chi connectivity index (χ3v) is 5.93. The van der Waals surface area contributed by atoms with Crippen LogP contribution in [0.1, 0.15) is 41.5 Å². The van der Waals surface area contributed by atoms with Crippen molar-refractivity contribution in [2.24, 2.45) is 0 Å². The highest BCUT2D eigenvalue weighted by Gasteiger charge is 2.26. The zero-order valence-electron chi connectivity index (χ0n) is 14.9. The van der Waals surface area contributed by atoms with Gasteiger partial charge in [-0.25, -0.2) is 0 Å². The van der Waals surface area contributed by atoms with E-state index in [0.717, 1.165) is 41.9 Å². The topological polar surface area (TPSA) is 41.5 Å². The number of hydrogen-bond acceptors (Lipinski definition) is 6. The maximum Gasteiger partial charge on any atom is 0.134 e. The minimum Gasteiger partial charge on any atom is -0.497 e. The summed E-state index contributed by atoms with van der Waals surface area (Å²) in [6.07, 6.45) is 0. The predicted octanol–water partition coefficient (Wildman–Crippen LogP) is 3.29. The van der Waals surface area contributed by atoms with E-state index in [2.05, 4.69) is 52.0 Å². The lowest BCUT2D eigenvalue weighted by Gasteiger charge is -2.40. The number of nitrogens with zero attached hydrogens (tertiary/aromatic N) is 4. The molecule has 0 N–H and O–H groups in total. The van der Waals surface area contributed by atoms with Crippen molar-refractivity contribution >= 4 is 11.3 Å². The van der Waals surface area contributed by atoms with Gasteiger partial charge in [-0.3, -0.25) is 9.80 Å². The van der Waals surface area contributed by atoms with Gasteiger partial charge in [-0.1, -0.05) is 12.1 Å². The molecule has 0 unspecified atom stereocenters. The molecule has 6 heteroatoms. The number of hydrogen-bond donors (Lipinski definition) is 0. The first-order chi connectivity index (χ1) is 11.6. The summed E-state index contributed by atoms with van der Waals surface area (Å²) < 4.78 is 5.35. The molecule has 1 fully saturated rings. The highest BCUT2D eigenvalue weighted by atomic mass is 32.1. The Bertz CT molecular complexity index is 667. The second-order valence-corrected chi connectivity index (χ2v) is 7.57. The average molecular weight is 347 g/mol. The van der Waals surface area contributed by atoms with Crippen molar-refractivity contribution in [3.63, 3.8) is 0 Å². The van der Waals surface area contributed by atoms with E-state index in [0.29, 0.717) is 12.1 Å². The van der Waals surface area contributed by atoms with Crippen molar-refractivity contribution in [3.05, 3.63) is 39.8 Å². The SMILES string of the molecule is COc1cccc([C@H](C)N2CCN([C@@H](C)c3nnc(C)s3)CC2)c1. The molecule has 1 aromatic heterocycles. The highest BCUT2D eigenvalue weighted by Crippen LogP contribution is 2.28. The molecule has 0 spiro atoms. The van der Waals surface area contributed by atoms with E-state index < -0.39 is 0 Å². The van der Waals surface area contributed by atoms with Crippen LogP contribution in [0.5, 0.6) is 5.75 Å². The molecule has 1 aromatic carbocycles. The molecular formula is C18H26N4OS. The van der Waals surface area contributed by atoms with Gasteiger partial charge in [0.2, 0.25) is 0 Å². The van der Waals surface area contributed by atoms with E-state index in [1.807, 2.05) is 13.0 Å². The van der Waals surface area contributed by atoms with E-state index in [4.69, 9.17) is 4.74 Å². The normalized spacial score (nSPS) is 19.2. The molecule has 0 saturated carbocycles. The Hall–Kier alpha value is -1.50. The van der Waals surface area contributed by atoms with Crippen molar-refractivity contribution in [2.75, 3.05) is 33.3 Å². The minimum atomic E-state index is 0.352. The van der Waals surface area contributed by atoms with Crippen LogP contribution in [0.25, 0.3) is 0 Å². The third kappa shape index (κ3) is 3.77. The first kappa shape index (κ1) is 17.3. The van der Waals surface area contributed by atoms with Gasteiger partial charge in [0.15, 0.2) is 0 Å². The van der Waals surface area contributed by atoms with E-state index in [1.165, 1.54) is 5.56 Å². The Morgan fingerprint density at radius 1 is 1.04 bits per heavy atom. The summed E-state index contributed by atoms with van der Waals surface area (Å²) >= 11 is 1.71. The second kappa shape index (κ2) is 7.59. The van der Waals surface area contributed by atoms with Crippen LogP contribution in [0.4, 0.5) is 0 Å². The molecule has 0 amide bonds. The van der Waals surface area contributed by atoms with Crippen molar-refractivity contribution in [1.82, 2.24) is 20.0 Å². The number of rotatable bonds is 5. The van der Waals surface area contributed by atoms with Gasteiger partial charge in [0.1, 0.15) is 15.8 Å². The smallest absolute Gasteiger partial charge is 0.134 e. The predicted molar refractivity (Wildman–Crippen MR) is 97.6 cm³/mol. The Kier molecular flexibility index (Phi) is 5.48. The number of aryl methyl sites for hydroxylation is 1. The van der Waals surface area contributed by atoms with Crippen molar-refractivity contribution in [1.29, 1.82) is 0 Å². The van der Waals surface area contributed by atoms with Crippen LogP contribution in [0.15, 0.2) is 24.3 Å². The van der Waals surface area contributed by atoms with Gasteiger partial charge in [0.25, 0.3) is 0 Å². The molecule has 1 saturated heterocycles. The van der Waals surface area contributed by atoms with Gasteiger partial charge in [-0.2, -0.15) is 0 Å². The van der Waals surface area contributed by atoms with Crippen LogP contribution in [0.3, 0.4) is 0 Å². The molecule has 2 aromatic rings. The summed E-state index contributed by atoms with van der Waals surface area (Å²) in [6, 6.07) is 9.16. The number of piperazine rings is 1. The molecule has 3 rings (SSSR count). The van der Waals surface area contributed by atoms with Gasteiger partial charge < -0.3 is 4.74 Å². The quantitative estimate of drug-likeness (QED) is 0.831. The van der Waals surface area contributed by atoms with Crippen molar-refractivity contribution in [3.8, 4) is 5.75 Å². The minimum absolute atomic E-state index is 0.352. The molecule has 2 atom stereocenters. The number of methoxy groups -OCH3 is 1. The molecular weight excluding hydrogens is 320 g/mol. The molecule has 1 aliphatic heterocycles. The Morgan fingerprint density at radius 2 is 1.71 bits per heavy atom. The summed E-state index contributed by atoms with van der Waals surface area (Å²) in [6.45, 7) is 10.8. The summed E-state index contributed by atoms with van der Waals surface area (Å²) in [7, 11) is 1.72. The van der Waals surface area contributed by atoms with E-state index in [-0.39, 0.29) is 0 Å².